The van der Waals surface area contributed by atoms with Crippen molar-refractivity contribution in [2.45, 2.75) is 20.8 Å². The van der Waals surface area contributed by atoms with E-state index >= 15 is 0 Å². The molecule has 0 aromatic heterocycles. The normalized spacial score (nSPS) is 15.4. The van der Waals surface area contributed by atoms with Crippen molar-refractivity contribution in [1.82, 2.24) is 0 Å². The Bertz CT molecular complexity index is 953. The van der Waals surface area contributed by atoms with Gasteiger partial charge in [0.15, 0.2) is 0 Å². The van der Waals surface area contributed by atoms with Gasteiger partial charge in [-0.2, -0.15) is 0 Å². The molecular weight excluding hydrogens is 354 g/mol. The van der Waals surface area contributed by atoms with Crippen LogP contribution < -0.4 is 9.64 Å². The number of allylic oxidation sites excluding steroid dienone is 2. The Morgan fingerprint density at radius 2 is 1.68 bits per heavy atom. The van der Waals surface area contributed by atoms with Crippen LogP contribution >= 0.6 is 0 Å². The van der Waals surface area contributed by atoms with E-state index in [1.54, 1.807) is 17.9 Å². The number of anilines is 1. The molecule has 0 N–H and O–H groups in total. The SMILES string of the molecule is CCOc1ccc(/C=C2/C(=O)C(C(=O)OC)=C(C)N2c2ccc(C)cc2)cc1. The van der Waals surface area contributed by atoms with E-state index in [9.17, 15) is 9.59 Å². The largest absolute Gasteiger partial charge is 0.494 e. The quantitative estimate of drug-likeness (QED) is 0.442. The monoisotopic (exact) mass is 377 g/mol. The number of Topliss-reactive ketones (excluding diaryl/α,β-unsaturated/α-hetero) is 1. The molecule has 28 heavy (non-hydrogen) atoms. The van der Waals surface area contributed by atoms with Crippen molar-refractivity contribution in [2.24, 2.45) is 0 Å². The summed E-state index contributed by atoms with van der Waals surface area (Å²) >= 11 is 0. The van der Waals surface area contributed by atoms with Crippen LogP contribution in [-0.4, -0.2) is 25.5 Å². The summed E-state index contributed by atoms with van der Waals surface area (Å²) < 4.78 is 10.3. The summed E-state index contributed by atoms with van der Waals surface area (Å²) in [5.41, 5.74) is 3.78. The summed E-state index contributed by atoms with van der Waals surface area (Å²) in [5.74, 6) is -0.212. The van der Waals surface area contributed by atoms with Gasteiger partial charge in [0.2, 0.25) is 5.78 Å². The first-order valence-electron chi connectivity index (χ1n) is 9.11. The number of benzene rings is 2. The maximum Gasteiger partial charge on any atom is 0.343 e. The van der Waals surface area contributed by atoms with Crippen LogP contribution in [0.15, 0.2) is 65.5 Å². The highest BCUT2D eigenvalue weighted by Crippen LogP contribution is 2.35. The number of aryl methyl sites for hydroxylation is 1. The number of hydrogen-bond acceptors (Lipinski definition) is 5. The fourth-order valence-electron chi connectivity index (χ4n) is 3.17. The molecule has 3 rings (SSSR count). The summed E-state index contributed by atoms with van der Waals surface area (Å²) in [5, 5.41) is 0. The first kappa shape index (κ1) is 19.4. The van der Waals surface area contributed by atoms with Gasteiger partial charge in [0.1, 0.15) is 11.3 Å². The van der Waals surface area contributed by atoms with Crippen molar-refractivity contribution >= 4 is 23.5 Å². The van der Waals surface area contributed by atoms with Crippen LogP contribution in [0, 0.1) is 6.92 Å². The molecule has 0 bridgehead atoms. The summed E-state index contributed by atoms with van der Waals surface area (Å²) in [7, 11) is 1.28. The van der Waals surface area contributed by atoms with Crippen LogP contribution in [0.5, 0.6) is 5.75 Å². The van der Waals surface area contributed by atoms with E-state index in [1.165, 1.54) is 7.11 Å². The molecular formula is C23H23NO4. The third kappa shape index (κ3) is 3.69. The van der Waals surface area contributed by atoms with Crippen molar-refractivity contribution in [1.29, 1.82) is 0 Å². The highest BCUT2D eigenvalue weighted by atomic mass is 16.5. The predicted molar refractivity (Wildman–Crippen MR) is 109 cm³/mol. The molecule has 2 aromatic rings. The fraction of sp³-hybridized carbons (Fsp3) is 0.217. The molecule has 5 nitrogen and oxygen atoms in total. The number of rotatable bonds is 5. The lowest BCUT2D eigenvalue weighted by Crippen LogP contribution is -2.18. The number of methoxy groups -OCH3 is 1. The molecule has 0 aliphatic carbocycles. The maximum absolute atomic E-state index is 13.0. The molecule has 144 valence electrons. The van der Waals surface area contributed by atoms with Gasteiger partial charge in [0, 0.05) is 11.4 Å². The van der Waals surface area contributed by atoms with Gasteiger partial charge < -0.3 is 14.4 Å². The Balaban J connectivity index is 2.07. The summed E-state index contributed by atoms with van der Waals surface area (Å²) in [6.07, 6.45) is 1.78. The highest BCUT2D eigenvalue weighted by molar-refractivity contribution is 6.30. The third-order valence-corrected chi connectivity index (χ3v) is 4.57. The van der Waals surface area contributed by atoms with Crippen molar-refractivity contribution in [3.05, 3.63) is 76.6 Å². The van der Waals surface area contributed by atoms with Gasteiger partial charge in [-0.15, -0.1) is 0 Å². The first-order valence-corrected chi connectivity index (χ1v) is 9.11. The average molecular weight is 377 g/mol. The Labute approximate surface area is 164 Å². The molecule has 0 saturated heterocycles. The Kier molecular flexibility index (Phi) is 5.64. The van der Waals surface area contributed by atoms with Crippen molar-refractivity contribution in [3.8, 4) is 5.75 Å². The second-order valence-corrected chi connectivity index (χ2v) is 6.48. The van der Waals surface area contributed by atoms with E-state index in [2.05, 4.69) is 0 Å². The van der Waals surface area contributed by atoms with Crippen molar-refractivity contribution < 1.29 is 19.1 Å². The maximum atomic E-state index is 13.0. The first-order chi connectivity index (χ1) is 13.5. The number of esters is 1. The lowest BCUT2D eigenvalue weighted by atomic mass is 10.1. The molecule has 1 aliphatic rings. The highest BCUT2D eigenvalue weighted by Gasteiger charge is 2.38. The van der Waals surface area contributed by atoms with E-state index in [4.69, 9.17) is 9.47 Å². The minimum Gasteiger partial charge on any atom is -0.494 e. The molecule has 0 atom stereocenters. The van der Waals surface area contributed by atoms with Gasteiger partial charge in [0.05, 0.1) is 19.4 Å². The number of ketones is 1. The van der Waals surface area contributed by atoms with E-state index in [-0.39, 0.29) is 11.4 Å². The second-order valence-electron chi connectivity index (χ2n) is 6.48. The fourth-order valence-corrected chi connectivity index (χ4v) is 3.17. The van der Waals surface area contributed by atoms with Gasteiger partial charge in [-0.1, -0.05) is 29.8 Å². The lowest BCUT2D eigenvalue weighted by Gasteiger charge is -2.21. The number of carbonyl (C=O) groups is 2. The molecule has 0 fully saturated rings. The van der Waals surface area contributed by atoms with Gasteiger partial charge in [0.25, 0.3) is 0 Å². The predicted octanol–water partition coefficient (Wildman–Crippen LogP) is 4.27. The molecule has 2 aromatic carbocycles. The van der Waals surface area contributed by atoms with Crippen LogP contribution in [0.3, 0.4) is 0 Å². The van der Waals surface area contributed by atoms with Crippen LogP contribution in [-0.2, 0) is 14.3 Å². The minimum absolute atomic E-state index is 0.0558. The van der Waals surface area contributed by atoms with E-state index < -0.39 is 5.97 Å². The van der Waals surface area contributed by atoms with Crippen LogP contribution in [0.25, 0.3) is 6.08 Å². The minimum atomic E-state index is -0.630. The number of carbonyl (C=O) groups excluding carboxylic acids is 2. The molecule has 0 radical (unpaired) electrons. The molecule has 0 saturated carbocycles. The zero-order valence-electron chi connectivity index (χ0n) is 16.5. The van der Waals surface area contributed by atoms with Gasteiger partial charge >= 0.3 is 5.97 Å². The number of ether oxygens (including phenoxy) is 2. The topological polar surface area (TPSA) is 55.8 Å². The summed E-state index contributed by atoms with van der Waals surface area (Å²) in [6, 6.07) is 15.3. The molecule has 0 amide bonds. The smallest absolute Gasteiger partial charge is 0.343 e. The molecule has 1 heterocycles. The van der Waals surface area contributed by atoms with Crippen molar-refractivity contribution in [2.75, 3.05) is 18.6 Å². The molecule has 1 aliphatic heterocycles. The van der Waals surface area contributed by atoms with Gasteiger partial charge in [-0.3, -0.25) is 4.79 Å². The average Bonchev–Trinajstić information content (AvgIpc) is 2.93. The van der Waals surface area contributed by atoms with Crippen LogP contribution in [0.4, 0.5) is 5.69 Å². The molecule has 0 spiro atoms. The lowest BCUT2D eigenvalue weighted by molar-refractivity contribution is -0.137. The summed E-state index contributed by atoms with van der Waals surface area (Å²) in [4.78, 5) is 27.1. The number of hydrogen-bond donors (Lipinski definition) is 0. The van der Waals surface area contributed by atoms with Crippen LogP contribution in [0.2, 0.25) is 0 Å². The second kappa shape index (κ2) is 8.13. The van der Waals surface area contributed by atoms with Gasteiger partial charge in [-0.25, -0.2) is 4.79 Å². The van der Waals surface area contributed by atoms with Crippen molar-refractivity contribution in [3.63, 3.8) is 0 Å². The van der Waals surface area contributed by atoms with Crippen LogP contribution in [0.1, 0.15) is 25.0 Å². The van der Waals surface area contributed by atoms with Gasteiger partial charge in [-0.05, 0) is 56.7 Å². The molecule has 0 unspecified atom stereocenters. The molecule has 5 heteroatoms. The van der Waals surface area contributed by atoms with E-state index in [0.29, 0.717) is 18.0 Å². The Morgan fingerprint density at radius 3 is 2.25 bits per heavy atom. The zero-order valence-corrected chi connectivity index (χ0v) is 16.5. The van der Waals surface area contributed by atoms with E-state index in [0.717, 1.165) is 22.6 Å². The summed E-state index contributed by atoms with van der Waals surface area (Å²) in [6.45, 7) is 6.27. The Morgan fingerprint density at radius 1 is 1.04 bits per heavy atom. The standard InChI is InChI=1S/C23H23NO4/c1-5-28-19-12-8-17(9-13-19)14-20-22(25)21(23(26)27-4)16(3)24(20)18-10-6-15(2)7-11-18/h6-14H,5H2,1-4H3/b20-14-. The number of nitrogens with zero attached hydrogens (tertiary/aromatic N) is 1. The van der Waals surface area contributed by atoms with E-state index in [1.807, 2.05) is 62.4 Å². The zero-order chi connectivity index (χ0) is 20.3. The third-order valence-electron chi connectivity index (χ3n) is 4.57. The Hall–Kier alpha value is -3.34.